The summed E-state index contributed by atoms with van der Waals surface area (Å²) in [7, 11) is 0. The van der Waals surface area contributed by atoms with E-state index in [1.165, 1.54) is 23.3 Å². The van der Waals surface area contributed by atoms with Crippen molar-refractivity contribution in [1.82, 2.24) is 10.3 Å². The van der Waals surface area contributed by atoms with Gasteiger partial charge in [0.2, 0.25) is 0 Å². The Morgan fingerprint density at radius 2 is 2.33 bits per heavy atom. The van der Waals surface area contributed by atoms with E-state index in [1.54, 1.807) is 0 Å². The molecule has 0 radical (unpaired) electrons. The maximum atomic E-state index is 4.17. The standard InChI is InChI=1S/C12H20N2S/c1-10-5-7-13-9-12(10)11(2)14-6-4-8-15-3/h5,7,9,11,14H,4,6,8H2,1-3H3. The van der Waals surface area contributed by atoms with Crippen molar-refractivity contribution in [2.75, 3.05) is 18.6 Å². The molecule has 3 heteroatoms. The van der Waals surface area contributed by atoms with E-state index >= 15 is 0 Å². The van der Waals surface area contributed by atoms with Gasteiger partial charge in [-0.3, -0.25) is 4.98 Å². The van der Waals surface area contributed by atoms with Crippen LogP contribution in [-0.4, -0.2) is 23.5 Å². The predicted octanol–water partition coefficient (Wildman–Crippen LogP) is 2.79. The minimum absolute atomic E-state index is 0.403. The van der Waals surface area contributed by atoms with Crippen LogP contribution in [0.3, 0.4) is 0 Å². The quantitative estimate of drug-likeness (QED) is 0.752. The Bertz CT molecular complexity index is 289. The number of aromatic nitrogens is 1. The summed E-state index contributed by atoms with van der Waals surface area (Å²) in [6.07, 6.45) is 7.18. The second-order valence-corrected chi connectivity index (χ2v) is 4.74. The molecule has 1 heterocycles. The van der Waals surface area contributed by atoms with Crippen LogP contribution < -0.4 is 5.32 Å². The molecule has 0 aliphatic heterocycles. The Kier molecular flexibility index (Phi) is 5.73. The van der Waals surface area contributed by atoms with E-state index in [9.17, 15) is 0 Å². The lowest BCUT2D eigenvalue weighted by Gasteiger charge is -2.15. The summed E-state index contributed by atoms with van der Waals surface area (Å²) in [6.45, 7) is 5.41. The predicted molar refractivity (Wildman–Crippen MR) is 68.4 cm³/mol. The number of rotatable bonds is 6. The zero-order valence-electron chi connectivity index (χ0n) is 9.79. The topological polar surface area (TPSA) is 24.9 Å². The van der Waals surface area contributed by atoms with Gasteiger partial charge in [-0.2, -0.15) is 11.8 Å². The van der Waals surface area contributed by atoms with Crippen molar-refractivity contribution < 1.29 is 0 Å². The summed E-state index contributed by atoms with van der Waals surface area (Å²) in [5.74, 6) is 1.23. The maximum absolute atomic E-state index is 4.17. The zero-order chi connectivity index (χ0) is 11.1. The van der Waals surface area contributed by atoms with Crippen LogP contribution in [0.1, 0.15) is 30.5 Å². The molecule has 1 aromatic heterocycles. The number of nitrogens with one attached hydrogen (secondary N) is 1. The fraction of sp³-hybridized carbons (Fsp3) is 0.583. The number of aryl methyl sites for hydroxylation is 1. The van der Waals surface area contributed by atoms with E-state index in [4.69, 9.17) is 0 Å². The number of hydrogen-bond donors (Lipinski definition) is 1. The third-order valence-corrected chi connectivity index (χ3v) is 3.22. The van der Waals surface area contributed by atoms with E-state index in [0.717, 1.165) is 6.54 Å². The van der Waals surface area contributed by atoms with Crippen LogP contribution in [0.5, 0.6) is 0 Å². The number of hydrogen-bond acceptors (Lipinski definition) is 3. The highest BCUT2D eigenvalue weighted by Crippen LogP contribution is 2.15. The highest BCUT2D eigenvalue weighted by molar-refractivity contribution is 7.98. The molecule has 0 aliphatic carbocycles. The van der Waals surface area contributed by atoms with Gasteiger partial charge in [-0.05, 0) is 56.0 Å². The summed E-state index contributed by atoms with van der Waals surface area (Å²) in [4.78, 5) is 4.17. The van der Waals surface area contributed by atoms with Crippen molar-refractivity contribution in [3.05, 3.63) is 29.6 Å². The molecule has 1 aromatic rings. The third-order valence-electron chi connectivity index (χ3n) is 2.52. The summed E-state index contributed by atoms with van der Waals surface area (Å²) in [6, 6.07) is 2.47. The van der Waals surface area contributed by atoms with Crippen LogP contribution >= 0.6 is 11.8 Å². The first kappa shape index (κ1) is 12.5. The third kappa shape index (κ3) is 4.22. The van der Waals surface area contributed by atoms with Gasteiger partial charge in [0.15, 0.2) is 0 Å². The lowest BCUT2D eigenvalue weighted by molar-refractivity contribution is 0.568. The van der Waals surface area contributed by atoms with Gasteiger partial charge < -0.3 is 5.32 Å². The Hall–Kier alpha value is -0.540. The molecule has 0 aromatic carbocycles. The molecule has 2 nitrogen and oxygen atoms in total. The minimum atomic E-state index is 0.403. The molecule has 1 N–H and O–H groups in total. The summed E-state index contributed by atoms with van der Waals surface area (Å²) in [5, 5.41) is 3.52. The highest BCUT2D eigenvalue weighted by Gasteiger charge is 2.06. The molecule has 15 heavy (non-hydrogen) atoms. The van der Waals surface area contributed by atoms with Crippen LogP contribution in [0, 0.1) is 6.92 Å². The highest BCUT2D eigenvalue weighted by atomic mass is 32.2. The van der Waals surface area contributed by atoms with E-state index in [1.807, 2.05) is 24.2 Å². The van der Waals surface area contributed by atoms with Crippen molar-refractivity contribution in [3.8, 4) is 0 Å². The fourth-order valence-corrected chi connectivity index (χ4v) is 2.01. The molecule has 1 rings (SSSR count). The first-order valence-electron chi connectivity index (χ1n) is 5.38. The van der Waals surface area contributed by atoms with Gasteiger partial charge in [0.1, 0.15) is 0 Å². The SMILES string of the molecule is CSCCCNC(C)c1cnccc1C. The molecule has 0 aliphatic rings. The average molecular weight is 224 g/mol. The Morgan fingerprint density at radius 1 is 1.53 bits per heavy atom. The smallest absolute Gasteiger partial charge is 0.0318 e. The Balaban J connectivity index is 2.40. The molecule has 1 unspecified atom stereocenters. The molecule has 0 bridgehead atoms. The van der Waals surface area contributed by atoms with Crippen LogP contribution in [0.25, 0.3) is 0 Å². The monoisotopic (exact) mass is 224 g/mol. The molecule has 0 fully saturated rings. The second-order valence-electron chi connectivity index (χ2n) is 3.75. The first-order chi connectivity index (χ1) is 7.25. The largest absolute Gasteiger partial charge is 0.310 e. The van der Waals surface area contributed by atoms with Gasteiger partial charge in [0.05, 0.1) is 0 Å². The molecule has 0 spiro atoms. The van der Waals surface area contributed by atoms with Gasteiger partial charge in [-0.25, -0.2) is 0 Å². The molecule has 84 valence electrons. The van der Waals surface area contributed by atoms with Crippen molar-refractivity contribution in [1.29, 1.82) is 0 Å². The number of nitrogens with zero attached hydrogens (tertiary/aromatic N) is 1. The van der Waals surface area contributed by atoms with Crippen molar-refractivity contribution >= 4 is 11.8 Å². The van der Waals surface area contributed by atoms with Crippen LogP contribution in [0.4, 0.5) is 0 Å². The lowest BCUT2D eigenvalue weighted by Crippen LogP contribution is -2.21. The Morgan fingerprint density at radius 3 is 3.00 bits per heavy atom. The van der Waals surface area contributed by atoms with E-state index < -0.39 is 0 Å². The van der Waals surface area contributed by atoms with Gasteiger partial charge in [0, 0.05) is 18.4 Å². The normalized spacial score (nSPS) is 12.7. The van der Waals surface area contributed by atoms with E-state index in [-0.39, 0.29) is 0 Å². The second kappa shape index (κ2) is 6.85. The van der Waals surface area contributed by atoms with E-state index in [2.05, 4.69) is 36.5 Å². The average Bonchev–Trinajstić information content (AvgIpc) is 2.25. The lowest BCUT2D eigenvalue weighted by atomic mass is 10.1. The van der Waals surface area contributed by atoms with Gasteiger partial charge in [-0.15, -0.1) is 0 Å². The van der Waals surface area contributed by atoms with Gasteiger partial charge >= 0.3 is 0 Å². The zero-order valence-corrected chi connectivity index (χ0v) is 10.6. The minimum Gasteiger partial charge on any atom is -0.310 e. The van der Waals surface area contributed by atoms with Crippen molar-refractivity contribution in [3.63, 3.8) is 0 Å². The molecular weight excluding hydrogens is 204 g/mol. The summed E-state index contributed by atoms with van der Waals surface area (Å²) in [5.41, 5.74) is 2.62. The van der Waals surface area contributed by atoms with Gasteiger partial charge in [-0.1, -0.05) is 0 Å². The summed E-state index contributed by atoms with van der Waals surface area (Å²) >= 11 is 1.90. The van der Waals surface area contributed by atoms with Crippen molar-refractivity contribution in [2.45, 2.75) is 26.3 Å². The van der Waals surface area contributed by atoms with Crippen LogP contribution in [0.2, 0.25) is 0 Å². The maximum Gasteiger partial charge on any atom is 0.0318 e. The fourth-order valence-electron chi connectivity index (χ4n) is 1.57. The number of thioether (sulfide) groups is 1. The van der Waals surface area contributed by atoms with Crippen molar-refractivity contribution in [2.24, 2.45) is 0 Å². The van der Waals surface area contributed by atoms with Gasteiger partial charge in [0.25, 0.3) is 0 Å². The molecule has 0 amide bonds. The molecule has 0 saturated carbocycles. The van der Waals surface area contributed by atoms with Crippen LogP contribution in [0.15, 0.2) is 18.5 Å². The summed E-state index contributed by atoms with van der Waals surface area (Å²) < 4.78 is 0. The number of pyridine rings is 1. The molecular formula is C12H20N2S. The Labute approximate surface area is 96.9 Å². The van der Waals surface area contributed by atoms with Crippen LogP contribution in [-0.2, 0) is 0 Å². The first-order valence-corrected chi connectivity index (χ1v) is 6.78. The van der Waals surface area contributed by atoms with E-state index in [0.29, 0.717) is 6.04 Å². The molecule has 0 saturated heterocycles. The molecule has 1 atom stereocenters.